The van der Waals surface area contributed by atoms with Gasteiger partial charge in [-0.3, -0.25) is 4.72 Å². The summed E-state index contributed by atoms with van der Waals surface area (Å²) in [7, 11) is -4.26. The Hall–Kier alpha value is -3.77. The molecule has 1 fully saturated rings. The maximum absolute atomic E-state index is 15.0. The zero-order chi connectivity index (χ0) is 32.1. The quantitative estimate of drug-likeness (QED) is 0.207. The Kier molecular flexibility index (Phi) is 10.5. The average Bonchev–Trinajstić information content (AvgIpc) is 3.48. The number of rotatable bonds is 7. The molecule has 0 radical (unpaired) electrons. The van der Waals surface area contributed by atoms with E-state index in [-0.39, 0.29) is 16.6 Å². The fraction of sp³-hybridized carbons (Fsp3) is 0.200. The largest absolute Gasteiger partial charge is 0.490 e. The second kappa shape index (κ2) is 13.9. The number of piperazine rings is 1. The van der Waals surface area contributed by atoms with Crippen LogP contribution in [0.15, 0.2) is 58.4 Å². The fourth-order valence-corrected chi connectivity index (χ4v) is 5.76. The molecule has 4 aromatic rings. The third-order valence-electron chi connectivity index (χ3n) is 5.67. The number of nitrogens with zero attached hydrogens (tertiary/aromatic N) is 4. The Labute approximate surface area is 261 Å². The molecule has 0 aliphatic carbocycles. The van der Waals surface area contributed by atoms with Crippen molar-refractivity contribution in [3.8, 4) is 22.8 Å². The number of hydrogen-bond acceptors (Lipinski definition) is 10. The normalized spacial score (nSPS) is 13.5. The molecule has 1 aliphatic rings. The number of carbonyl (C=O) groups is 1. The van der Waals surface area contributed by atoms with E-state index in [0.717, 1.165) is 38.3 Å². The van der Waals surface area contributed by atoms with E-state index in [1.165, 1.54) is 22.2 Å². The summed E-state index contributed by atoms with van der Waals surface area (Å²) in [4.78, 5) is 23.2. The molecule has 3 N–H and O–H groups in total. The van der Waals surface area contributed by atoms with Crippen molar-refractivity contribution < 1.29 is 40.6 Å². The highest BCUT2D eigenvalue weighted by Gasteiger charge is 2.38. The Bertz CT molecular complexity index is 1740. The molecule has 11 nitrogen and oxygen atoms in total. The van der Waals surface area contributed by atoms with Crippen LogP contribution in [0.3, 0.4) is 0 Å². The summed E-state index contributed by atoms with van der Waals surface area (Å²) in [6, 6.07) is 8.51. The van der Waals surface area contributed by atoms with Gasteiger partial charge in [-0.05, 0) is 30.3 Å². The van der Waals surface area contributed by atoms with E-state index in [2.05, 4.69) is 29.9 Å². The first-order valence-electron chi connectivity index (χ1n) is 12.2. The van der Waals surface area contributed by atoms with Crippen LogP contribution in [0.5, 0.6) is 11.5 Å². The number of benzene rings is 2. The minimum absolute atomic E-state index is 0.0771. The highest BCUT2D eigenvalue weighted by atomic mass is 35.5. The molecule has 0 atom stereocenters. The van der Waals surface area contributed by atoms with Crippen molar-refractivity contribution in [1.82, 2.24) is 20.3 Å². The smallest absolute Gasteiger partial charge is 0.475 e. The second-order valence-corrected chi connectivity index (χ2v) is 11.9. The van der Waals surface area contributed by atoms with E-state index in [9.17, 15) is 26.0 Å². The van der Waals surface area contributed by atoms with E-state index < -0.39 is 32.9 Å². The third kappa shape index (κ3) is 8.44. The Balaban J connectivity index is 0.000000566. The number of thiazole rings is 1. The van der Waals surface area contributed by atoms with Gasteiger partial charge in [-0.15, -0.1) is 11.3 Å². The molecule has 1 saturated heterocycles. The Morgan fingerprint density at radius 2 is 1.80 bits per heavy atom. The number of anilines is 2. The molecule has 5 rings (SSSR count). The minimum Gasteiger partial charge on any atom is -0.475 e. The number of nitrogens with one attached hydrogen (secondary N) is 2. The molecule has 0 spiro atoms. The lowest BCUT2D eigenvalue weighted by atomic mass is 10.1. The zero-order valence-corrected chi connectivity index (χ0v) is 25.1. The summed E-state index contributed by atoms with van der Waals surface area (Å²) in [6.07, 6.45) is -3.44. The molecule has 2 aromatic heterocycles. The van der Waals surface area contributed by atoms with Gasteiger partial charge in [0, 0.05) is 54.4 Å². The van der Waals surface area contributed by atoms with Crippen molar-refractivity contribution in [3.63, 3.8) is 0 Å². The summed E-state index contributed by atoms with van der Waals surface area (Å²) < 4.78 is 80.2. The van der Waals surface area contributed by atoms with Crippen LogP contribution in [0.25, 0.3) is 11.3 Å². The van der Waals surface area contributed by atoms with E-state index in [1.807, 2.05) is 0 Å². The van der Waals surface area contributed by atoms with Crippen molar-refractivity contribution in [2.45, 2.75) is 11.1 Å². The summed E-state index contributed by atoms with van der Waals surface area (Å²) in [5, 5.41) is 12.2. The van der Waals surface area contributed by atoms with Gasteiger partial charge in [-0.1, -0.05) is 23.2 Å². The molecule has 0 saturated carbocycles. The Morgan fingerprint density at radius 3 is 2.43 bits per heavy atom. The predicted octanol–water partition coefficient (Wildman–Crippen LogP) is 5.68. The van der Waals surface area contributed by atoms with E-state index >= 15 is 0 Å². The van der Waals surface area contributed by atoms with Crippen molar-refractivity contribution in [3.05, 3.63) is 69.3 Å². The van der Waals surface area contributed by atoms with E-state index in [0.29, 0.717) is 28.0 Å². The lowest BCUT2D eigenvalue weighted by Gasteiger charge is -2.27. The van der Waals surface area contributed by atoms with Gasteiger partial charge in [0.1, 0.15) is 22.2 Å². The molecule has 234 valence electrons. The van der Waals surface area contributed by atoms with Gasteiger partial charge in [-0.25, -0.2) is 32.6 Å². The van der Waals surface area contributed by atoms with Gasteiger partial charge < -0.3 is 20.1 Å². The van der Waals surface area contributed by atoms with Crippen LogP contribution < -0.4 is 19.7 Å². The fourth-order valence-electron chi connectivity index (χ4n) is 3.68. The molecular weight excluding hydrogens is 675 g/mol. The second-order valence-electron chi connectivity index (χ2n) is 8.72. The summed E-state index contributed by atoms with van der Waals surface area (Å²) in [5.41, 5.74) is 2.53. The third-order valence-corrected chi connectivity index (χ3v) is 8.16. The zero-order valence-electron chi connectivity index (χ0n) is 22.0. The average molecular weight is 696 g/mol. The summed E-state index contributed by atoms with van der Waals surface area (Å²) in [5.74, 6) is -2.93. The van der Waals surface area contributed by atoms with Crippen LogP contribution in [0.2, 0.25) is 10.0 Å². The highest BCUT2D eigenvalue weighted by Crippen LogP contribution is 2.39. The van der Waals surface area contributed by atoms with Crippen molar-refractivity contribution >= 4 is 62.3 Å². The van der Waals surface area contributed by atoms with Crippen LogP contribution in [-0.4, -0.2) is 66.8 Å². The molecule has 2 aromatic carbocycles. The number of hydrogen-bond donors (Lipinski definition) is 3. The molecule has 0 amide bonds. The number of sulfonamides is 1. The predicted molar refractivity (Wildman–Crippen MR) is 156 cm³/mol. The molecule has 44 heavy (non-hydrogen) atoms. The van der Waals surface area contributed by atoms with Gasteiger partial charge in [-0.2, -0.15) is 13.2 Å². The number of halogens is 6. The Morgan fingerprint density at radius 1 is 1.09 bits per heavy atom. The lowest BCUT2D eigenvalue weighted by Crippen LogP contribution is -2.44. The van der Waals surface area contributed by atoms with Gasteiger partial charge >= 0.3 is 12.1 Å². The maximum Gasteiger partial charge on any atom is 0.490 e. The summed E-state index contributed by atoms with van der Waals surface area (Å²) >= 11 is 13.8. The van der Waals surface area contributed by atoms with Crippen molar-refractivity contribution in [2.24, 2.45) is 0 Å². The number of ether oxygens (including phenoxy) is 1. The van der Waals surface area contributed by atoms with Crippen molar-refractivity contribution in [1.29, 1.82) is 0 Å². The van der Waals surface area contributed by atoms with Crippen LogP contribution >= 0.6 is 34.5 Å². The molecule has 1 aliphatic heterocycles. The summed E-state index contributed by atoms with van der Waals surface area (Å²) in [6.45, 7) is 3.19. The topological polar surface area (TPSA) is 147 Å². The number of carboxylic acids is 1. The maximum atomic E-state index is 15.0. The number of aromatic nitrogens is 3. The van der Waals surface area contributed by atoms with Gasteiger partial charge in [0.2, 0.25) is 5.95 Å². The van der Waals surface area contributed by atoms with Crippen LogP contribution in [0, 0.1) is 5.82 Å². The van der Waals surface area contributed by atoms with Crippen molar-refractivity contribution in [2.75, 3.05) is 35.8 Å². The first kappa shape index (κ1) is 33.1. The standard InChI is InChI=1S/C23H19Cl2FN6O3S2.C2HF3O2/c24-14-1-2-19(15(9-14)18-3-4-28-23(30-18)32-7-5-27-6-8-32)35-20-11-17(26)21(10-16(20)25)37(33,34)31-22-12-36-13-29-22;3-2(4,5)1(6)7/h1-4,9-13,27,31H,5-8H2;(H,6,7). The number of aliphatic carboxylic acids is 1. The lowest BCUT2D eigenvalue weighted by molar-refractivity contribution is -0.192. The molecule has 19 heteroatoms. The molecule has 0 bridgehead atoms. The molecular formula is C25H20Cl2F4N6O5S2. The van der Waals surface area contributed by atoms with E-state index in [4.69, 9.17) is 37.8 Å². The van der Waals surface area contributed by atoms with Crippen LogP contribution in [-0.2, 0) is 14.8 Å². The SMILES string of the molecule is O=C(O)C(F)(F)F.O=S(=O)(Nc1cscn1)c1cc(Cl)c(Oc2ccc(Cl)cc2-c2ccnc(N3CCNCC3)n2)cc1F. The van der Waals surface area contributed by atoms with Gasteiger partial charge in [0.05, 0.1) is 16.2 Å². The van der Waals surface area contributed by atoms with E-state index in [1.54, 1.807) is 30.5 Å². The first-order valence-corrected chi connectivity index (χ1v) is 15.4. The first-order chi connectivity index (χ1) is 20.7. The minimum atomic E-state index is -5.08. The molecule has 3 heterocycles. The monoisotopic (exact) mass is 694 g/mol. The highest BCUT2D eigenvalue weighted by molar-refractivity contribution is 7.92. The van der Waals surface area contributed by atoms with Gasteiger partial charge in [0.15, 0.2) is 5.82 Å². The van der Waals surface area contributed by atoms with Crippen LogP contribution in [0.4, 0.5) is 29.3 Å². The number of carboxylic acid groups (broad SMARTS) is 1. The molecule has 0 unspecified atom stereocenters. The van der Waals surface area contributed by atoms with Gasteiger partial charge in [0.25, 0.3) is 10.0 Å². The van der Waals surface area contributed by atoms with Crippen LogP contribution in [0.1, 0.15) is 0 Å². The number of alkyl halides is 3.